The van der Waals surface area contributed by atoms with Gasteiger partial charge in [0.15, 0.2) is 11.9 Å². The molecule has 1 unspecified atom stereocenters. The van der Waals surface area contributed by atoms with E-state index < -0.39 is 24.6 Å². The fraction of sp³-hybridized carbons (Fsp3) is 0.545. The number of ether oxygens (including phenoxy) is 1. The number of hydrogen-bond donors (Lipinski definition) is 5. The van der Waals surface area contributed by atoms with Crippen molar-refractivity contribution in [1.29, 1.82) is 0 Å². The van der Waals surface area contributed by atoms with Crippen LogP contribution in [0.3, 0.4) is 0 Å². The zero-order valence-electron chi connectivity index (χ0n) is 11.1. The summed E-state index contributed by atoms with van der Waals surface area (Å²) in [6, 6.07) is 0. The molecule has 9 heteroatoms. The van der Waals surface area contributed by atoms with Crippen molar-refractivity contribution in [2.45, 2.75) is 38.4 Å². The Balaban J connectivity index is 0.000000151. The van der Waals surface area contributed by atoms with Crippen LogP contribution in [-0.2, 0) is 4.74 Å². The van der Waals surface area contributed by atoms with E-state index in [2.05, 4.69) is 24.7 Å². The first-order chi connectivity index (χ1) is 9.40. The summed E-state index contributed by atoms with van der Waals surface area (Å²) in [7, 11) is 0. The van der Waals surface area contributed by atoms with E-state index >= 15 is 0 Å². The van der Waals surface area contributed by atoms with Gasteiger partial charge in [-0.15, -0.1) is 0 Å². The monoisotopic (exact) mass is 283 g/mol. The van der Waals surface area contributed by atoms with Crippen molar-refractivity contribution in [3.8, 4) is 0 Å². The Kier molecular flexibility index (Phi) is 4.14. The van der Waals surface area contributed by atoms with Gasteiger partial charge in [-0.1, -0.05) is 0 Å². The van der Waals surface area contributed by atoms with E-state index in [0.29, 0.717) is 5.65 Å². The molecule has 20 heavy (non-hydrogen) atoms. The summed E-state index contributed by atoms with van der Waals surface area (Å²) in [5.74, 6) is 0.266. The Bertz CT molecular complexity index is 577. The van der Waals surface area contributed by atoms with Gasteiger partial charge in [-0.25, -0.2) is 9.97 Å². The Morgan fingerprint density at radius 1 is 1.25 bits per heavy atom. The molecule has 3 rings (SSSR count). The second-order valence-electron chi connectivity index (χ2n) is 4.48. The molecule has 0 radical (unpaired) electrons. The van der Waals surface area contributed by atoms with Crippen molar-refractivity contribution in [3.05, 3.63) is 12.0 Å². The summed E-state index contributed by atoms with van der Waals surface area (Å²) in [6.07, 6.45) is -2.24. The number of hydrogen-bond acceptors (Lipinski definition) is 8. The molecule has 0 saturated carbocycles. The normalized spacial score (nSPS) is 29.2. The number of nitrogens with zero attached hydrogens (tertiary/aromatic N) is 3. The number of aryl methyl sites for hydroxylation is 1. The van der Waals surface area contributed by atoms with Crippen molar-refractivity contribution in [1.82, 2.24) is 19.9 Å². The highest BCUT2D eigenvalue weighted by molar-refractivity contribution is 5.73. The quantitative estimate of drug-likeness (QED) is 0.400. The lowest BCUT2D eigenvalue weighted by Crippen LogP contribution is -2.31. The van der Waals surface area contributed by atoms with Crippen LogP contribution >= 0.6 is 0 Å². The van der Waals surface area contributed by atoms with Gasteiger partial charge in [0.05, 0.1) is 18.1 Å². The molecule has 6 N–H and O–H groups in total. The summed E-state index contributed by atoms with van der Waals surface area (Å²) < 4.78 is 4.64. The lowest BCUT2D eigenvalue weighted by molar-refractivity contribution is -0.124. The van der Waals surface area contributed by atoms with Gasteiger partial charge >= 0.3 is 0 Å². The molecule has 0 bridgehead atoms. The standard InChI is InChI=1S/C6H7N5.C5H10O4/c1-3-4-5(9-2-8-4)11-6(7)10-3;1-2-3(6)4(7)5(8)9-2/h2H,1H3,(H3,7,8,9,10,11);2-8H,1H3/t;2-,3-,4-,5?/m.1/s1. The van der Waals surface area contributed by atoms with Gasteiger partial charge in [-0.3, -0.25) is 0 Å². The zero-order valence-corrected chi connectivity index (χ0v) is 11.1. The van der Waals surface area contributed by atoms with Crippen molar-refractivity contribution < 1.29 is 20.1 Å². The fourth-order valence-corrected chi connectivity index (χ4v) is 1.83. The van der Waals surface area contributed by atoms with Crippen LogP contribution in [0.2, 0.25) is 0 Å². The number of nitrogen functional groups attached to an aromatic ring is 1. The first-order valence-electron chi connectivity index (χ1n) is 6.03. The number of fused-ring (bicyclic) bond motifs is 1. The minimum absolute atomic E-state index is 0.266. The number of aromatic amines is 1. The average molecular weight is 283 g/mol. The van der Waals surface area contributed by atoms with E-state index in [1.165, 1.54) is 0 Å². The molecule has 1 saturated heterocycles. The number of rotatable bonds is 0. The van der Waals surface area contributed by atoms with Gasteiger partial charge in [0.1, 0.15) is 17.7 Å². The molecule has 4 atom stereocenters. The van der Waals surface area contributed by atoms with Gasteiger partial charge in [0, 0.05) is 0 Å². The molecule has 0 amide bonds. The van der Waals surface area contributed by atoms with E-state index in [9.17, 15) is 0 Å². The van der Waals surface area contributed by atoms with E-state index in [0.717, 1.165) is 11.2 Å². The maximum Gasteiger partial charge on any atom is 0.222 e. The van der Waals surface area contributed by atoms with Crippen molar-refractivity contribution in [2.24, 2.45) is 0 Å². The highest BCUT2D eigenvalue weighted by atomic mass is 16.6. The molecule has 2 aromatic rings. The molecule has 9 nitrogen and oxygen atoms in total. The van der Waals surface area contributed by atoms with Gasteiger partial charge in [0.2, 0.25) is 5.95 Å². The SMILES string of the molecule is C[C@H]1OC(O)[C@H](O)[C@@H]1O.Cc1nc(N)nc2nc[nH]c12. The smallest absolute Gasteiger partial charge is 0.222 e. The Labute approximate surface area is 114 Å². The van der Waals surface area contributed by atoms with E-state index in [4.69, 9.17) is 21.1 Å². The molecule has 3 heterocycles. The van der Waals surface area contributed by atoms with Crippen LogP contribution in [0.15, 0.2) is 6.33 Å². The number of aliphatic hydroxyl groups is 3. The highest BCUT2D eigenvalue weighted by Gasteiger charge is 2.38. The number of anilines is 1. The van der Waals surface area contributed by atoms with Crippen LogP contribution in [0.4, 0.5) is 5.95 Å². The third-order valence-corrected chi connectivity index (χ3v) is 2.96. The third kappa shape index (κ3) is 2.85. The number of aliphatic hydroxyl groups excluding tert-OH is 3. The van der Waals surface area contributed by atoms with E-state index in [1.54, 1.807) is 13.3 Å². The zero-order chi connectivity index (χ0) is 14.9. The molecule has 0 aliphatic carbocycles. The van der Waals surface area contributed by atoms with Crippen LogP contribution in [-0.4, -0.2) is 59.9 Å². The predicted octanol–water partition coefficient (Wildman–Crippen LogP) is -1.31. The second-order valence-corrected chi connectivity index (χ2v) is 4.48. The highest BCUT2D eigenvalue weighted by Crippen LogP contribution is 2.18. The summed E-state index contributed by atoms with van der Waals surface area (Å²) in [6.45, 7) is 3.45. The summed E-state index contributed by atoms with van der Waals surface area (Å²) in [5, 5.41) is 26.4. The van der Waals surface area contributed by atoms with Crippen molar-refractivity contribution in [3.63, 3.8) is 0 Å². The Morgan fingerprint density at radius 3 is 2.45 bits per heavy atom. The third-order valence-electron chi connectivity index (χ3n) is 2.96. The van der Waals surface area contributed by atoms with E-state index in [-0.39, 0.29) is 5.95 Å². The minimum atomic E-state index is -1.23. The molecular weight excluding hydrogens is 266 g/mol. The molecule has 1 fully saturated rings. The van der Waals surface area contributed by atoms with Crippen LogP contribution < -0.4 is 5.73 Å². The molecule has 2 aromatic heterocycles. The minimum Gasteiger partial charge on any atom is -0.388 e. The maximum atomic E-state index is 8.90. The van der Waals surface area contributed by atoms with E-state index in [1.807, 2.05) is 6.92 Å². The number of nitrogens with two attached hydrogens (primary N) is 1. The number of H-pyrrole nitrogens is 1. The Morgan fingerprint density at radius 2 is 1.95 bits per heavy atom. The molecule has 1 aliphatic heterocycles. The predicted molar refractivity (Wildman–Crippen MR) is 69.4 cm³/mol. The lowest BCUT2D eigenvalue weighted by atomic mass is 10.2. The van der Waals surface area contributed by atoms with Crippen LogP contribution in [0.25, 0.3) is 11.2 Å². The number of nitrogens with one attached hydrogen (secondary N) is 1. The van der Waals surface area contributed by atoms with Gasteiger partial charge < -0.3 is 30.8 Å². The average Bonchev–Trinajstić information content (AvgIpc) is 2.92. The van der Waals surface area contributed by atoms with Gasteiger partial charge in [-0.05, 0) is 13.8 Å². The molecule has 1 aliphatic rings. The van der Waals surface area contributed by atoms with Gasteiger partial charge in [0.25, 0.3) is 0 Å². The maximum absolute atomic E-state index is 8.90. The van der Waals surface area contributed by atoms with Gasteiger partial charge in [-0.2, -0.15) is 4.98 Å². The van der Waals surface area contributed by atoms with Crippen molar-refractivity contribution >= 4 is 17.1 Å². The summed E-state index contributed by atoms with van der Waals surface area (Å²) >= 11 is 0. The topological polar surface area (TPSA) is 150 Å². The molecular formula is C11H17N5O4. The fourth-order valence-electron chi connectivity index (χ4n) is 1.83. The van der Waals surface area contributed by atoms with Crippen LogP contribution in [0, 0.1) is 6.92 Å². The summed E-state index contributed by atoms with van der Waals surface area (Å²) in [5.41, 5.74) is 7.70. The van der Waals surface area contributed by atoms with Crippen molar-refractivity contribution in [2.75, 3.05) is 5.73 Å². The summed E-state index contributed by atoms with van der Waals surface area (Å²) in [4.78, 5) is 14.8. The first kappa shape index (κ1) is 14.6. The van der Waals surface area contributed by atoms with Crippen LogP contribution in [0.1, 0.15) is 12.6 Å². The largest absolute Gasteiger partial charge is 0.388 e. The number of aromatic nitrogens is 4. The van der Waals surface area contributed by atoms with Crippen LogP contribution in [0.5, 0.6) is 0 Å². The first-order valence-corrected chi connectivity index (χ1v) is 6.03. The lowest BCUT2D eigenvalue weighted by Gasteiger charge is -2.07. The Hall–Kier alpha value is -1.81. The second kappa shape index (κ2) is 5.67. The molecule has 0 spiro atoms. The number of imidazole rings is 1. The molecule has 0 aromatic carbocycles. The molecule has 110 valence electrons.